The molecule has 0 radical (unpaired) electrons. The van der Waals surface area contributed by atoms with E-state index in [1.165, 1.54) is 11.1 Å². The first kappa shape index (κ1) is 19.6. The fraction of sp³-hybridized carbons (Fsp3) is 0.476. The van der Waals surface area contributed by atoms with E-state index in [2.05, 4.69) is 48.0 Å². The molecule has 0 aliphatic carbocycles. The number of anilines is 1. The molecule has 0 unspecified atom stereocenters. The summed E-state index contributed by atoms with van der Waals surface area (Å²) < 4.78 is 0. The minimum atomic E-state index is -0.475. The number of aryl methyl sites for hydroxylation is 3. The zero-order valence-electron chi connectivity index (χ0n) is 16.5. The van der Waals surface area contributed by atoms with Crippen molar-refractivity contribution in [2.24, 2.45) is 0 Å². The lowest BCUT2D eigenvalue weighted by Gasteiger charge is -2.37. The van der Waals surface area contributed by atoms with Gasteiger partial charge in [0.05, 0.1) is 0 Å². The van der Waals surface area contributed by atoms with E-state index in [1.807, 2.05) is 11.8 Å². The Labute approximate surface area is 166 Å². The third-order valence-electron chi connectivity index (χ3n) is 5.00. The molecule has 0 spiro atoms. The average molecular weight is 387 g/mol. The standard InChI is InChI=1S/C21H27ClN4O/c1-14-6-5-7-18(12-14)13-19-16(3)23-17(4)24-20(19)25-8-10-26(11-9-25)21(27)15(2)22/h5-7,12,15H,8-11,13H2,1-4H3/t15-/m1/s1. The zero-order valence-corrected chi connectivity index (χ0v) is 17.3. The topological polar surface area (TPSA) is 49.3 Å². The van der Waals surface area contributed by atoms with E-state index >= 15 is 0 Å². The predicted molar refractivity (Wildman–Crippen MR) is 110 cm³/mol. The number of amides is 1. The van der Waals surface area contributed by atoms with Crippen molar-refractivity contribution in [2.45, 2.75) is 39.5 Å². The summed E-state index contributed by atoms with van der Waals surface area (Å²) in [7, 11) is 0. The van der Waals surface area contributed by atoms with Gasteiger partial charge in [-0.2, -0.15) is 0 Å². The molecule has 1 aromatic carbocycles. The van der Waals surface area contributed by atoms with Gasteiger partial charge in [0.25, 0.3) is 0 Å². The molecule has 144 valence electrons. The van der Waals surface area contributed by atoms with Crippen LogP contribution in [0.15, 0.2) is 24.3 Å². The molecule has 0 bridgehead atoms. The van der Waals surface area contributed by atoms with Gasteiger partial charge in [-0.15, -0.1) is 11.6 Å². The number of rotatable bonds is 4. The highest BCUT2D eigenvalue weighted by Crippen LogP contribution is 2.25. The highest BCUT2D eigenvalue weighted by atomic mass is 35.5. The smallest absolute Gasteiger partial charge is 0.240 e. The van der Waals surface area contributed by atoms with Gasteiger partial charge < -0.3 is 9.80 Å². The fourth-order valence-corrected chi connectivity index (χ4v) is 3.74. The van der Waals surface area contributed by atoms with Gasteiger partial charge in [-0.05, 0) is 33.3 Å². The number of carbonyl (C=O) groups is 1. The monoisotopic (exact) mass is 386 g/mol. The van der Waals surface area contributed by atoms with Crippen molar-refractivity contribution in [2.75, 3.05) is 31.1 Å². The van der Waals surface area contributed by atoms with E-state index in [0.717, 1.165) is 42.4 Å². The summed E-state index contributed by atoms with van der Waals surface area (Å²) in [6.07, 6.45) is 0.807. The zero-order chi connectivity index (χ0) is 19.6. The molecule has 3 rings (SSSR count). The summed E-state index contributed by atoms with van der Waals surface area (Å²) >= 11 is 5.96. The van der Waals surface area contributed by atoms with E-state index < -0.39 is 5.38 Å². The minimum Gasteiger partial charge on any atom is -0.353 e. The van der Waals surface area contributed by atoms with Gasteiger partial charge in [-0.25, -0.2) is 9.97 Å². The van der Waals surface area contributed by atoms with Gasteiger partial charge in [0.2, 0.25) is 5.91 Å². The van der Waals surface area contributed by atoms with Crippen molar-refractivity contribution in [3.63, 3.8) is 0 Å². The van der Waals surface area contributed by atoms with Crippen molar-refractivity contribution in [1.29, 1.82) is 0 Å². The number of aromatic nitrogens is 2. The number of piperazine rings is 1. The second-order valence-corrected chi connectivity index (χ2v) is 7.91. The third-order valence-corrected chi connectivity index (χ3v) is 5.19. The van der Waals surface area contributed by atoms with Crippen molar-refractivity contribution in [3.8, 4) is 0 Å². The van der Waals surface area contributed by atoms with Gasteiger partial charge in [0, 0.05) is 43.9 Å². The molecular formula is C21H27ClN4O. The van der Waals surface area contributed by atoms with E-state index in [1.54, 1.807) is 6.92 Å². The summed E-state index contributed by atoms with van der Waals surface area (Å²) in [4.78, 5) is 25.6. The molecule has 1 aliphatic heterocycles. The van der Waals surface area contributed by atoms with Crippen LogP contribution >= 0.6 is 11.6 Å². The predicted octanol–water partition coefficient (Wildman–Crippen LogP) is 3.27. The number of benzene rings is 1. The van der Waals surface area contributed by atoms with E-state index in [-0.39, 0.29) is 5.91 Å². The Hall–Kier alpha value is -2.14. The molecule has 1 aromatic heterocycles. The maximum Gasteiger partial charge on any atom is 0.240 e. The molecule has 1 atom stereocenters. The Balaban J connectivity index is 1.84. The Kier molecular flexibility index (Phi) is 6.00. The van der Waals surface area contributed by atoms with E-state index in [9.17, 15) is 4.79 Å². The Morgan fingerprint density at radius 1 is 1.15 bits per heavy atom. The maximum absolute atomic E-state index is 12.1. The molecule has 2 heterocycles. The molecule has 27 heavy (non-hydrogen) atoms. The first-order chi connectivity index (χ1) is 12.8. The van der Waals surface area contributed by atoms with Gasteiger partial charge in [-0.1, -0.05) is 29.8 Å². The lowest BCUT2D eigenvalue weighted by atomic mass is 10.0. The maximum atomic E-state index is 12.1. The average Bonchev–Trinajstić information content (AvgIpc) is 2.63. The van der Waals surface area contributed by atoms with Crippen LogP contribution in [0, 0.1) is 20.8 Å². The van der Waals surface area contributed by atoms with Crippen LogP contribution in [0.1, 0.15) is 35.1 Å². The SMILES string of the molecule is Cc1cccc(Cc2c(C)nc(C)nc2N2CCN(C(=O)[C@@H](C)Cl)CC2)c1. The normalized spacial score (nSPS) is 15.7. The van der Waals surface area contributed by atoms with Gasteiger partial charge >= 0.3 is 0 Å². The Morgan fingerprint density at radius 3 is 2.48 bits per heavy atom. The van der Waals surface area contributed by atoms with Crippen LogP contribution in [0.3, 0.4) is 0 Å². The lowest BCUT2D eigenvalue weighted by molar-refractivity contribution is -0.130. The van der Waals surface area contributed by atoms with Crippen molar-refractivity contribution in [1.82, 2.24) is 14.9 Å². The molecule has 5 nitrogen and oxygen atoms in total. The van der Waals surface area contributed by atoms with Crippen LogP contribution in [0.4, 0.5) is 5.82 Å². The summed E-state index contributed by atoms with van der Waals surface area (Å²) in [6, 6.07) is 8.56. The molecule has 2 aromatic rings. The lowest BCUT2D eigenvalue weighted by Crippen LogP contribution is -2.51. The number of halogens is 1. The van der Waals surface area contributed by atoms with Crippen LogP contribution in [0.2, 0.25) is 0 Å². The van der Waals surface area contributed by atoms with Crippen molar-refractivity contribution < 1.29 is 4.79 Å². The molecule has 1 fully saturated rings. The second-order valence-electron chi connectivity index (χ2n) is 7.25. The summed E-state index contributed by atoms with van der Waals surface area (Å²) in [5.74, 6) is 1.78. The molecule has 0 saturated carbocycles. The number of nitrogens with zero attached hydrogens (tertiary/aromatic N) is 4. The van der Waals surface area contributed by atoms with Crippen LogP contribution in [0.5, 0.6) is 0 Å². The second kappa shape index (κ2) is 8.26. The molecule has 1 amide bonds. The van der Waals surface area contributed by atoms with Crippen molar-refractivity contribution >= 4 is 23.3 Å². The fourth-order valence-electron chi connectivity index (χ4n) is 3.60. The summed E-state index contributed by atoms with van der Waals surface area (Å²) in [5, 5.41) is -0.475. The molecule has 1 aliphatic rings. The van der Waals surface area contributed by atoms with Crippen LogP contribution in [-0.2, 0) is 11.2 Å². The molecule has 6 heteroatoms. The van der Waals surface area contributed by atoms with Crippen LogP contribution in [0.25, 0.3) is 0 Å². The number of alkyl halides is 1. The van der Waals surface area contributed by atoms with E-state index in [4.69, 9.17) is 16.6 Å². The highest BCUT2D eigenvalue weighted by molar-refractivity contribution is 6.30. The summed E-state index contributed by atoms with van der Waals surface area (Å²) in [6.45, 7) is 10.7. The summed E-state index contributed by atoms with van der Waals surface area (Å²) in [5.41, 5.74) is 4.70. The minimum absolute atomic E-state index is 0.00588. The highest BCUT2D eigenvalue weighted by Gasteiger charge is 2.26. The number of hydrogen-bond donors (Lipinski definition) is 0. The van der Waals surface area contributed by atoms with Gasteiger partial charge in [0.15, 0.2) is 0 Å². The number of carbonyl (C=O) groups excluding carboxylic acids is 1. The van der Waals surface area contributed by atoms with Crippen LogP contribution in [-0.4, -0.2) is 52.3 Å². The molecule has 1 saturated heterocycles. The number of hydrogen-bond acceptors (Lipinski definition) is 4. The molecular weight excluding hydrogens is 360 g/mol. The Bertz CT molecular complexity index is 829. The van der Waals surface area contributed by atoms with Crippen LogP contribution < -0.4 is 4.90 Å². The quantitative estimate of drug-likeness (QED) is 0.757. The molecule has 0 N–H and O–H groups in total. The van der Waals surface area contributed by atoms with Crippen molar-refractivity contribution in [3.05, 3.63) is 52.5 Å². The largest absolute Gasteiger partial charge is 0.353 e. The first-order valence-corrected chi connectivity index (χ1v) is 9.86. The van der Waals surface area contributed by atoms with Gasteiger partial charge in [0.1, 0.15) is 17.0 Å². The van der Waals surface area contributed by atoms with Gasteiger partial charge in [-0.3, -0.25) is 4.79 Å². The first-order valence-electron chi connectivity index (χ1n) is 9.42. The third kappa shape index (κ3) is 4.59. The van der Waals surface area contributed by atoms with E-state index in [0.29, 0.717) is 13.1 Å². The Morgan fingerprint density at radius 2 is 1.85 bits per heavy atom.